The minimum Gasteiger partial charge on any atom is -0.481 e. The van der Waals surface area contributed by atoms with Crippen LogP contribution >= 0.6 is 0 Å². The Bertz CT molecular complexity index is 344. The van der Waals surface area contributed by atoms with Gasteiger partial charge < -0.3 is 15.7 Å². The van der Waals surface area contributed by atoms with E-state index in [0.717, 1.165) is 12.8 Å². The van der Waals surface area contributed by atoms with E-state index in [4.69, 9.17) is 5.11 Å². The molecule has 0 atom stereocenters. The Balaban J connectivity index is 2.65. The lowest BCUT2D eigenvalue weighted by Crippen LogP contribution is -2.60. The molecular weight excluding hydrogens is 220 g/mol. The molecule has 98 valence electrons. The van der Waals surface area contributed by atoms with Crippen molar-refractivity contribution in [3.63, 3.8) is 0 Å². The molecule has 0 aromatic rings. The molecule has 0 aromatic carbocycles. The van der Waals surface area contributed by atoms with Gasteiger partial charge in [-0.3, -0.25) is 4.79 Å². The Morgan fingerprint density at radius 2 is 1.65 bits per heavy atom. The summed E-state index contributed by atoms with van der Waals surface area (Å²) in [5.74, 6) is -0.930. The van der Waals surface area contributed by atoms with Crippen molar-refractivity contribution in [3.05, 3.63) is 0 Å². The molecule has 1 aliphatic rings. The maximum absolute atomic E-state index is 11.8. The summed E-state index contributed by atoms with van der Waals surface area (Å²) in [6.07, 6.45) is 1.95. The Morgan fingerprint density at radius 3 is 2.00 bits per heavy atom. The monoisotopic (exact) mass is 242 g/mol. The Morgan fingerprint density at radius 1 is 1.18 bits per heavy atom. The van der Waals surface area contributed by atoms with Crippen molar-refractivity contribution < 1.29 is 14.7 Å². The third kappa shape index (κ3) is 2.90. The van der Waals surface area contributed by atoms with Crippen molar-refractivity contribution in [3.8, 4) is 0 Å². The van der Waals surface area contributed by atoms with Crippen molar-refractivity contribution >= 4 is 12.0 Å². The molecule has 17 heavy (non-hydrogen) atoms. The fourth-order valence-corrected chi connectivity index (χ4v) is 1.33. The molecule has 0 spiro atoms. The predicted octanol–water partition coefficient (Wildman–Crippen LogP) is 1.73. The average Bonchev–Trinajstić information content (AvgIpc) is 2.80. The van der Waals surface area contributed by atoms with Crippen molar-refractivity contribution in [1.82, 2.24) is 10.6 Å². The first-order chi connectivity index (χ1) is 7.50. The van der Waals surface area contributed by atoms with Crippen molar-refractivity contribution in [2.75, 3.05) is 0 Å². The number of rotatable bonds is 4. The standard InChI is InChI=1S/C12H22N2O3/c1-10(2,8(15)16)11(3,4)13-9(17)14-12(5)6-7-12/h6-7H2,1-5H3,(H,15,16)(H2,13,14,17). The normalized spacial score (nSPS) is 18.4. The van der Waals surface area contributed by atoms with E-state index >= 15 is 0 Å². The van der Waals surface area contributed by atoms with Crippen LogP contribution < -0.4 is 10.6 Å². The summed E-state index contributed by atoms with van der Waals surface area (Å²) in [5.41, 5.74) is -1.96. The number of urea groups is 1. The van der Waals surface area contributed by atoms with E-state index in [0.29, 0.717) is 0 Å². The van der Waals surface area contributed by atoms with E-state index in [9.17, 15) is 9.59 Å². The van der Waals surface area contributed by atoms with E-state index in [1.54, 1.807) is 27.7 Å². The fraction of sp³-hybridized carbons (Fsp3) is 0.833. The number of hydrogen-bond donors (Lipinski definition) is 3. The van der Waals surface area contributed by atoms with Crippen LogP contribution in [0.15, 0.2) is 0 Å². The van der Waals surface area contributed by atoms with Crippen molar-refractivity contribution in [2.45, 2.75) is 58.5 Å². The molecule has 1 aliphatic carbocycles. The van der Waals surface area contributed by atoms with Gasteiger partial charge in [0.05, 0.1) is 11.0 Å². The first-order valence-electron chi connectivity index (χ1n) is 5.84. The highest BCUT2D eigenvalue weighted by atomic mass is 16.4. The SMILES string of the molecule is CC1(NC(=O)NC(C)(C)C(C)(C)C(=O)O)CC1. The van der Waals surface area contributed by atoms with E-state index in [-0.39, 0.29) is 11.6 Å². The smallest absolute Gasteiger partial charge is 0.315 e. The maximum Gasteiger partial charge on any atom is 0.315 e. The minimum absolute atomic E-state index is 0.104. The number of nitrogens with one attached hydrogen (secondary N) is 2. The summed E-state index contributed by atoms with van der Waals surface area (Å²) >= 11 is 0. The lowest BCUT2D eigenvalue weighted by molar-refractivity contribution is -0.150. The van der Waals surface area contributed by atoms with Gasteiger partial charge in [0.15, 0.2) is 0 Å². The fourth-order valence-electron chi connectivity index (χ4n) is 1.33. The number of carboxylic acids is 1. The highest BCUT2D eigenvalue weighted by Gasteiger charge is 2.46. The first kappa shape index (κ1) is 13.8. The number of carbonyl (C=O) groups excluding carboxylic acids is 1. The zero-order valence-corrected chi connectivity index (χ0v) is 11.2. The summed E-state index contributed by atoms with van der Waals surface area (Å²) in [6, 6.07) is -0.302. The summed E-state index contributed by atoms with van der Waals surface area (Å²) in [5, 5.41) is 14.8. The van der Waals surface area contributed by atoms with Gasteiger partial charge in [0.25, 0.3) is 0 Å². The maximum atomic E-state index is 11.8. The van der Waals surface area contributed by atoms with Gasteiger partial charge in [-0.15, -0.1) is 0 Å². The number of aliphatic carboxylic acids is 1. The summed E-state index contributed by atoms with van der Waals surface area (Å²) < 4.78 is 0. The third-order valence-electron chi connectivity index (χ3n) is 3.94. The Labute approximate surface area is 102 Å². The molecule has 1 saturated carbocycles. The van der Waals surface area contributed by atoms with Crippen LogP contribution in [0.25, 0.3) is 0 Å². The quantitative estimate of drug-likeness (QED) is 0.702. The van der Waals surface area contributed by atoms with Crippen LogP contribution in [0, 0.1) is 5.41 Å². The molecule has 3 N–H and O–H groups in total. The number of carbonyl (C=O) groups is 2. The first-order valence-corrected chi connectivity index (χ1v) is 5.84. The van der Waals surface area contributed by atoms with Crippen LogP contribution in [-0.4, -0.2) is 28.2 Å². The molecule has 1 fully saturated rings. The molecule has 0 heterocycles. The number of hydrogen-bond acceptors (Lipinski definition) is 2. The Hall–Kier alpha value is -1.26. The van der Waals surface area contributed by atoms with Gasteiger partial charge in [-0.25, -0.2) is 4.79 Å². The van der Waals surface area contributed by atoms with Gasteiger partial charge in [0, 0.05) is 5.54 Å². The van der Waals surface area contributed by atoms with Crippen LogP contribution in [0.3, 0.4) is 0 Å². The van der Waals surface area contributed by atoms with E-state index in [2.05, 4.69) is 10.6 Å². The predicted molar refractivity (Wildman–Crippen MR) is 64.8 cm³/mol. The van der Waals surface area contributed by atoms with Gasteiger partial charge >= 0.3 is 12.0 Å². The molecule has 0 unspecified atom stereocenters. The van der Waals surface area contributed by atoms with Crippen LogP contribution in [0.1, 0.15) is 47.5 Å². The van der Waals surface area contributed by atoms with E-state index < -0.39 is 16.9 Å². The highest BCUT2D eigenvalue weighted by molar-refractivity contribution is 5.80. The molecule has 0 aromatic heterocycles. The zero-order chi connectivity index (χ0) is 13.5. The highest BCUT2D eigenvalue weighted by Crippen LogP contribution is 2.35. The molecular formula is C12H22N2O3. The summed E-state index contributed by atoms with van der Waals surface area (Å²) in [6.45, 7) is 8.62. The summed E-state index contributed by atoms with van der Waals surface area (Å²) in [7, 11) is 0. The second-order valence-corrected chi connectivity index (χ2v) is 6.19. The second kappa shape index (κ2) is 3.89. The molecule has 0 saturated heterocycles. The van der Waals surface area contributed by atoms with Crippen LogP contribution in [0.2, 0.25) is 0 Å². The zero-order valence-electron chi connectivity index (χ0n) is 11.2. The molecule has 2 amide bonds. The topological polar surface area (TPSA) is 78.4 Å². The largest absolute Gasteiger partial charge is 0.481 e. The number of amides is 2. The van der Waals surface area contributed by atoms with Gasteiger partial charge in [0.1, 0.15) is 0 Å². The molecule has 0 bridgehead atoms. The van der Waals surface area contributed by atoms with Crippen LogP contribution in [0.5, 0.6) is 0 Å². The minimum atomic E-state index is -1.03. The molecule has 0 aliphatic heterocycles. The van der Waals surface area contributed by atoms with Crippen molar-refractivity contribution in [1.29, 1.82) is 0 Å². The van der Waals surface area contributed by atoms with Gasteiger partial charge in [-0.2, -0.15) is 0 Å². The van der Waals surface area contributed by atoms with Gasteiger partial charge in [0.2, 0.25) is 0 Å². The van der Waals surface area contributed by atoms with E-state index in [1.165, 1.54) is 0 Å². The van der Waals surface area contributed by atoms with Gasteiger partial charge in [-0.1, -0.05) is 0 Å². The molecule has 1 rings (SSSR count). The molecule has 5 heteroatoms. The van der Waals surface area contributed by atoms with Crippen molar-refractivity contribution in [2.24, 2.45) is 5.41 Å². The molecule has 0 radical (unpaired) electrons. The average molecular weight is 242 g/mol. The van der Waals surface area contributed by atoms with E-state index in [1.807, 2.05) is 6.92 Å². The molecule has 5 nitrogen and oxygen atoms in total. The van der Waals surface area contributed by atoms with Crippen LogP contribution in [-0.2, 0) is 4.79 Å². The summed E-state index contributed by atoms with van der Waals surface area (Å²) in [4.78, 5) is 22.9. The Kier molecular flexibility index (Phi) is 3.16. The second-order valence-electron chi connectivity index (χ2n) is 6.19. The lowest BCUT2D eigenvalue weighted by atomic mass is 9.74. The van der Waals surface area contributed by atoms with Gasteiger partial charge in [-0.05, 0) is 47.5 Å². The third-order valence-corrected chi connectivity index (χ3v) is 3.94. The lowest BCUT2D eigenvalue weighted by Gasteiger charge is -2.39. The van der Waals surface area contributed by atoms with Crippen LogP contribution in [0.4, 0.5) is 4.79 Å². The number of carboxylic acid groups (broad SMARTS) is 1.